The summed E-state index contributed by atoms with van der Waals surface area (Å²) in [6.07, 6.45) is 4.93. The lowest BCUT2D eigenvalue weighted by molar-refractivity contribution is 0.102. The first kappa shape index (κ1) is 17.7. The molecular weight excluding hydrogens is 358 g/mol. The first-order valence-corrected chi connectivity index (χ1v) is 8.82. The number of hydrogen-bond acceptors (Lipinski definition) is 7. The van der Waals surface area contributed by atoms with Crippen LogP contribution in [0.15, 0.2) is 47.4 Å². The lowest BCUT2D eigenvalue weighted by Gasteiger charge is -2.11. The molecule has 4 rings (SSSR count). The van der Waals surface area contributed by atoms with Gasteiger partial charge in [-0.15, -0.1) is 10.2 Å². The minimum absolute atomic E-state index is 0.232. The molecule has 0 spiro atoms. The molecule has 0 saturated heterocycles. The van der Waals surface area contributed by atoms with Gasteiger partial charge in [-0.1, -0.05) is 25.1 Å². The smallest absolute Gasteiger partial charge is 0.256 e. The van der Waals surface area contributed by atoms with Crippen LogP contribution < -0.4 is 10.6 Å². The highest BCUT2D eigenvalue weighted by molar-refractivity contribution is 6.04. The number of anilines is 3. The van der Waals surface area contributed by atoms with Crippen molar-refractivity contribution in [2.75, 3.05) is 10.6 Å². The van der Waals surface area contributed by atoms with Crippen LogP contribution in [0.1, 0.15) is 41.5 Å². The van der Waals surface area contributed by atoms with Gasteiger partial charge in [-0.2, -0.15) is 0 Å². The molecule has 0 fully saturated rings. The summed E-state index contributed by atoms with van der Waals surface area (Å²) in [5, 5.41) is 18.2. The van der Waals surface area contributed by atoms with E-state index in [1.165, 1.54) is 6.26 Å². The zero-order valence-corrected chi connectivity index (χ0v) is 15.7. The summed E-state index contributed by atoms with van der Waals surface area (Å²) in [7, 11) is 0. The molecule has 2 N–H and O–H groups in total. The molecule has 1 amide bonds. The lowest BCUT2D eigenvalue weighted by atomic mass is 10.1. The fourth-order valence-electron chi connectivity index (χ4n) is 2.82. The maximum absolute atomic E-state index is 12.5. The van der Waals surface area contributed by atoms with Crippen molar-refractivity contribution >= 4 is 28.9 Å². The molecule has 0 aliphatic heterocycles. The van der Waals surface area contributed by atoms with Crippen LogP contribution in [0.4, 0.5) is 17.3 Å². The summed E-state index contributed by atoms with van der Waals surface area (Å²) in [5.41, 5.74) is 2.82. The first-order chi connectivity index (χ1) is 13.5. The third-order valence-electron chi connectivity index (χ3n) is 4.30. The molecule has 28 heavy (non-hydrogen) atoms. The predicted octanol–water partition coefficient (Wildman–Crippen LogP) is 3.54. The van der Waals surface area contributed by atoms with Gasteiger partial charge in [0.05, 0.1) is 0 Å². The van der Waals surface area contributed by atoms with E-state index >= 15 is 0 Å². The number of rotatable bonds is 5. The van der Waals surface area contributed by atoms with Gasteiger partial charge in [-0.25, -0.2) is 4.98 Å². The summed E-state index contributed by atoms with van der Waals surface area (Å²) in [4.78, 5) is 16.8. The molecule has 3 aromatic heterocycles. The number of nitrogens with zero attached hydrogens (tertiary/aromatic N) is 5. The summed E-state index contributed by atoms with van der Waals surface area (Å²) in [5.74, 6) is 1.73. The molecule has 0 bridgehead atoms. The van der Waals surface area contributed by atoms with Crippen LogP contribution in [0, 0.1) is 6.92 Å². The van der Waals surface area contributed by atoms with E-state index in [0.29, 0.717) is 22.8 Å². The van der Waals surface area contributed by atoms with Gasteiger partial charge in [0, 0.05) is 35.6 Å². The van der Waals surface area contributed by atoms with Crippen LogP contribution in [0.5, 0.6) is 0 Å². The Balaban J connectivity index is 1.65. The number of carbonyl (C=O) groups excluding carboxylic acids is 1. The van der Waals surface area contributed by atoms with E-state index in [1.54, 1.807) is 24.4 Å². The zero-order valence-electron chi connectivity index (χ0n) is 15.7. The molecular formula is C19H19N7O2. The Labute approximate surface area is 160 Å². The van der Waals surface area contributed by atoms with Crippen molar-refractivity contribution < 1.29 is 9.32 Å². The van der Waals surface area contributed by atoms with Crippen LogP contribution in [0.3, 0.4) is 0 Å². The molecule has 4 aromatic rings. The third kappa shape index (κ3) is 3.29. The summed E-state index contributed by atoms with van der Waals surface area (Å²) in [6, 6.07) is 6.95. The molecule has 0 atom stereocenters. The van der Waals surface area contributed by atoms with Crippen molar-refractivity contribution in [2.45, 2.75) is 26.7 Å². The summed E-state index contributed by atoms with van der Waals surface area (Å²) < 4.78 is 6.65. The molecule has 9 heteroatoms. The number of aromatic nitrogens is 5. The molecule has 142 valence electrons. The second kappa shape index (κ2) is 7.10. The topological polar surface area (TPSA) is 110 Å². The van der Waals surface area contributed by atoms with Gasteiger partial charge >= 0.3 is 0 Å². The molecule has 0 saturated carbocycles. The highest BCUT2D eigenvalue weighted by Crippen LogP contribution is 2.24. The number of nitrogens with one attached hydrogen (secondary N) is 2. The summed E-state index contributed by atoms with van der Waals surface area (Å²) in [6.45, 7) is 6.07. The lowest BCUT2D eigenvalue weighted by Crippen LogP contribution is -2.12. The van der Waals surface area contributed by atoms with Crippen LogP contribution in [-0.4, -0.2) is 30.6 Å². The fraction of sp³-hybridized carbons (Fsp3) is 0.211. The van der Waals surface area contributed by atoms with E-state index in [2.05, 4.69) is 44.8 Å². The molecule has 0 radical (unpaired) electrons. The molecule has 0 aliphatic carbocycles. The van der Waals surface area contributed by atoms with E-state index < -0.39 is 0 Å². The van der Waals surface area contributed by atoms with Crippen LogP contribution in [0.2, 0.25) is 0 Å². The standard InChI is InChI=1S/C19H19N7O2/c1-11(2)17-23-24-18-16(20-7-8-26(17)18)21-14-10-13(5-4-12(14)3)19(27)22-15-6-9-28-25-15/h4-11H,1-3H3,(H,20,21)(H,22,25,27). The first-order valence-electron chi connectivity index (χ1n) is 8.82. The number of hydrogen-bond donors (Lipinski definition) is 2. The molecule has 0 aliphatic rings. The quantitative estimate of drug-likeness (QED) is 0.547. The highest BCUT2D eigenvalue weighted by atomic mass is 16.5. The SMILES string of the molecule is Cc1ccc(C(=O)Nc2ccon2)cc1Nc1nccn2c(C(C)C)nnc12. The molecule has 9 nitrogen and oxygen atoms in total. The van der Waals surface area contributed by atoms with Crippen molar-refractivity contribution in [2.24, 2.45) is 0 Å². The number of carbonyl (C=O) groups is 1. The average molecular weight is 377 g/mol. The van der Waals surface area contributed by atoms with Gasteiger partial charge in [0.15, 0.2) is 11.6 Å². The van der Waals surface area contributed by atoms with E-state index in [9.17, 15) is 4.79 Å². The minimum Gasteiger partial charge on any atom is -0.363 e. The predicted molar refractivity (Wildman–Crippen MR) is 104 cm³/mol. The molecule has 0 unspecified atom stereocenters. The number of fused-ring (bicyclic) bond motifs is 1. The third-order valence-corrected chi connectivity index (χ3v) is 4.30. The van der Waals surface area contributed by atoms with Crippen molar-refractivity contribution in [3.05, 3.63) is 59.9 Å². The molecule has 3 heterocycles. The number of benzene rings is 1. The molecule has 1 aromatic carbocycles. The van der Waals surface area contributed by atoms with Crippen molar-refractivity contribution in [1.82, 2.24) is 24.7 Å². The van der Waals surface area contributed by atoms with Gasteiger partial charge in [0.1, 0.15) is 12.1 Å². The minimum atomic E-state index is -0.285. The monoisotopic (exact) mass is 377 g/mol. The van der Waals surface area contributed by atoms with Crippen molar-refractivity contribution in [3.63, 3.8) is 0 Å². The Hall–Kier alpha value is -3.75. The van der Waals surface area contributed by atoms with Gasteiger partial charge < -0.3 is 15.2 Å². The highest BCUT2D eigenvalue weighted by Gasteiger charge is 2.15. The Bertz CT molecular complexity index is 1130. The van der Waals surface area contributed by atoms with E-state index in [4.69, 9.17) is 4.52 Å². The average Bonchev–Trinajstić information content (AvgIpc) is 3.33. The van der Waals surface area contributed by atoms with Gasteiger partial charge in [0.25, 0.3) is 5.91 Å². The second-order valence-corrected chi connectivity index (χ2v) is 6.68. The van der Waals surface area contributed by atoms with Gasteiger partial charge in [-0.05, 0) is 24.6 Å². The fourth-order valence-corrected chi connectivity index (χ4v) is 2.82. The Morgan fingerprint density at radius 3 is 2.82 bits per heavy atom. The van der Waals surface area contributed by atoms with Crippen LogP contribution >= 0.6 is 0 Å². The Morgan fingerprint density at radius 1 is 1.21 bits per heavy atom. The van der Waals surface area contributed by atoms with Crippen LogP contribution in [-0.2, 0) is 0 Å². The van der Waals surface area contributed by atoms with Gasteiger partial charge in [-0.3, -0.25) is 9.20 Å². The number of amides is 1. The van der Waals surface area contributed by atoms with Crippen molar-refractivity contribution in [3.8, 4) is 0 Å². The second-order valence-electron chi connectivity index (χ2n) is 6.68. The maximum atomic E-state index is 12.5. The number of aryl methyl sites for hydroxylation is 1. The van der Waals surface area contributed by atoms with E-state index in [-0.39, 0.29) is 11.8 Å². The normalized spacial score (nSPS) is 11.1. The van der Waals surface area contributed by atoms with E-state index in [0.717, 1.165) is 17.1 Å². The van der Waals surface area contributed by atoms with Crippen LogP contribution in [0.25, 0.3) is 5.65 Å². The Kier molecular flexibility index (Phi) is 4.48. The summed E-state index contributed by atoms with van der Waals surface area (Å²) >= 11 is 0. The maximum Gasteiger partial charge on any atom is 0.256 e. The Morgan fingerprint density at radius 2 is 2.07 bits per heavy atom. The van der Waals surface area contributed by atoms with Gasteiger partial charge in [0.2, 0.25) is 5.65 Å². The zero-order chi connectivity index (χ0) is 19.7. The van der Waals surface area contributed by atoms with Crippen molar-refractivity contribution in [1.29, 1.82) is 0 Å². The largest absolute Gasteiger partial charge is 0.363 e. The van der Waals surface area contributed by atoms with E-state index in [1.807, 2.05) is 23.6 Å².